The number of carboxylic acids is 1. The second-order valence-corrected chi connectivity index (χ2v) is 10.8. The summed E-state index contributed by atoms with van der Waals surface area (Å²) in [6.45, 7) is 7.45. The molecule has 0 saturated carbocycles. The van der Waals surface area contributed by atoms with Crippen LogP contribution in [0.3, 0.4) is 0 Å². The summed E-state index contributed by atoms with van der Waals surface area (Å²) in [6, 6.07) is 6.44. The molecule has 0 spiro atoms. The highest BCUT2D eigenvalue weighted by molar-refractivity contribution is 7.86. The van der Waals surface area contributed by atoms with E-state index in [9.17, 15) is 18.0 Å². The summed E-state index contributed by atoms with van der Waals surface area (Å²) in [6.07, 6.45) is 0. The van der Waals surface area contributed by atoms with E-state index >= 15 is 0 Å². The predicted molar refractivity (Wildman–Crippen MR) is 162 cm³/mol. The van der Waals surface area contributed by atoms with Crippen molar-refractivity contribution >= 4 is 22.0 Å². The maximum atomic E-state index is 12.1. The Bertz CT molecular complexity index is 995. The van der Waals surface area contributed by atoms with E-state index in [1.54, 1.807) is 12.1 Å². The Morgan fingerprint density at radius 2 is 0.935 bits per heavy atom. The van der Waals surface area contributed by atoms with Gasteiger partial charge in [-0.3, -0.25) is 8.98 Å². The summed E-state index contributed by atoms with van der Waals surface area (Å²) in [5.74, 6) is -1.54. The molecular weight excluding hydrogens is 634 g/mol. The fraction of sp³-hybridized carbons (Fsp3) is 0.724. The number of carboxylic acid groups (broad SMARTS) is 1. The van der Waals surface area contributed by atoms with Crippen LogP contribution in [-0.4, -0.2) is 157 Å². The number of aryl methyl sites for hydroxylation is 1. The lowest BCUT2D eigenvalue weighted by molar-refractivity contribution is -0.143. The monoisotopic (exact) mass is 683 g/mol. The summed E-state index contributed by atoms with van der Waals surface area (Å²) >= 11 is 0. The Labute approximate surface area is 270 Å². The first-order valence-corrected chi connectivity index (χ1v) is 16.4. The van der Waals surface area contributed by atoms with Gasteiger partial charge < -0.3 is 53.1 Å². The van der Waals surface area contributed by atoms with Crippen LogP contribution in [0.1, 0.15) is 5.56 Å². The van der Waals surface area contributed by atoms with E-state index in [1.165, 1.54) is 12.1 Å². The Morgan fingerprint density at radius 3 is 1.33 bits per heavy atom. The van der Waals surface area contributed by atoms with Crippen LogP contribution in [0.25, 0.3) is 0 Å². The van der Waals surface area contributed by atoms with Gasteiger partial charge in [0.05, 0.1) is 117 Å². The third-order valence-corrected chi connectivity index (χ3v) is 6.73. The van der Waals surface area contributed by atoms with Crippen LogP contribution in [0.4, 0.5) is 0 Å². The Balaban J connectivity index is 1.71. The van der Waals surface area contributed by atoms with Crippen molar-refractivity contribution in [1.82, 2.24) is 5.32 Å². The van der Waals surface area contributed by atoms with E-state index in [1.807, 2.05) is 6.92 Å². The molecule has 0 fully saturated rings. The molecule has 16 nitrogen and oxygen atoms in total. The molecule has 1 aromatic carbocycles. The van der Waals surface area contributed by atoms with Gasteiger partial charge >= 0.3 is 5.97 Å². The van der Waals surface area contributed by atoms with E-state index in [-0.39, 0.29) is 24.7 Å². The molecule has 17 heteroatoms. The van der Waals surface area contributed by atoms with Crippen LogP contribution >= 0.6 is 0 Å². The minimum absolute atomic E-state index is 0.0712. The molecule has 0 aliphatic carbocycles. The van der Waals surface area contributed by atoms with Gasteiger partial charge in [-0.1, -0.05) is 17.7 Å². The van der Waals surface area contributed by atoms with Crippen LogP contribution in [0, 0.1) is 6.92 Å². The highest BCUT2D eigenvalue weighted by atomic mass is 32.2. The maximum absolute atomic E-state index is 12.1. The molecule has 2 N–H and O–H groups in total. The number of hydrogen-bond acceptors (Lipinski definition) is 14. The smallest absolute Gasteiger partial charge is 0.329 e. The van der Waals surface area contributed by atoms with Crippen molar-refractivity contribution < 1.29 is 69.9 Å². The van der Waals surface area contributed by atoms with E-state index in [2.05, 4.69) is 10.1 Å². The van der Waals surface area contributed by atoms with Gasteiger partial charge in [-0.15, -0.1) is 0 Å². The molecule has 0 unspecified atom stereocenters. The van der Waals surface area contributed by atoms with Crippen LogP contribution < -0.4 is 5.32 Å². The van der Waals surface area contributed by atoms with Gasteiger partial charge in [-0.05, 0) is 19.1 Å². The second kappa shape index (κ2) is 28.9. The van der Waals surface area contributed by atoms with Crippen molar-refractivity contribution in [3.8, 4) is 0 Å². The molecule has 0 heterocycles. The number of rotatable bonds is 33. The lowest BCUT2D eigenvalue weighted by Crippen LogP contribution is -2.31. The number of hydrogen-bond donors (Lipinski definition) is 2. The van der Waals surface area contributed by atoms with Gasteiger partial charge in [-0.2, -0.15) is 8.42 Å². The summed E-state index contributed by atoms with van der Waals surface area (Å²) in [4.78, 5) is 21.7. The number of amides is 1. The van der Waals surface area contributed by atoms with Gasteiger partial charge in [0.2, 0.25) is 5.91 Å². The number of carbonyl (C=O) groups is 2. The SMILES string of the molecule is Cc1ccc(S(=O)(=O)OCCOCCOCCOCCOCCOCCOCCOCCOCCNC(=O)COCC(=O)O)cc1. The first kappa shape index (κ1) is 41.7. The molecule has 0 atom stereocenters. The predicted octanol–water partition coefficient (Wildman–Crippen LogP) is 0.0505. The van der Waals surface area contributed by atoms with Crippen LogP contribution in [0.15, 0.2) is 29.2 Å². The van der Waals surface area contributed by atoms with Crippen LogP contribution in [-0.2, 0) is 66.5 Å². The average Bonchev–Trinajstić information content (AvgIpc) is 3.02. The van der Waals surface area contributed by atoms with Crippen LogP contribution in [0.2, 0.25) is 0 Å². The lowest BCUT2D eigenvalue weighted by Gasteiger charge is -2.09. The first-order valence-electron chi connectivity index (χ1n) is 15.0. The number of nitrogens with one attached hydrogen (secondary N) is 1. The first-order chi connectivity index (χ1) is 22.3. The second-order valence-electron chi connectivity index (χ2n) is 9.22. The van der Waals surface area contributed by atoms with E-state index in [4.69, 9.17) is 47.2 Å². The molecule has 0 bridgehead atoms. The van der Waals surface area contributed by atoms with Gasteiger partial charge in [-0.25, -0.2) is 4.79 Å². The fourth-order valence-corrected chi connectivity index (χ4v) is 4.05. The Hall–Kier alpha value is -2.29. The molecular formula is C29H49NO15S. The third kappa shape index (κ3) is 25.9. The van der Waals surface area contributed by atoms with Crippen molar-refractivity contribution in [2.75, 3.05) is 132 Å². The molecule has 1 rings (SSSR count). The summed E-state index contributed by atoms with van der Waals surface area (Å²) in [5, 5.41) is 11.0. The van der Waals surface area contributed by atoms with E-state index < -0.39 is 28.6 Å². The minimum atomic E-state index is -3.78. The average molecular weight is 684 g/mol. The van der Waals surface area contributed by atoms with Crippen molar-refractivity contribution in [3.05, 3.63) is 29.8 Å². The van der Waals surface area contributed by atoms with E-state index in [0.717, 1.165) is 5.56 Å². The van der Waals surface area contributed by atoms with Crippen molar-refractivity contribution in [3.63, 3.8) is 0 Å². The number of benzene rings is 1. The molecule has 1 aromatic rings. The molecule has 0 aliphatic rings. The molecule has 0 saturated heterocycles. The zero-order valence-corrected chi connectivity index (χ0v) is 27.3. The maximum Gasteiger partial charge on any atom is 0.329 e. The van der Waals surface area contributed by atoms with Gasteiger partial charge in [0, 0.05) is 6.54 Å². The highest BCUT2D eigenvalue weighted by Crippen LogP contribution is 2.12. The molecule has 0 radical (unpaired) electrons. The number of ether oxygens (including phenoxy) is 9. The number of aliphatic carboxylic acids is 1. The normalized spacial score (nSPS) is 11.6. The summed E-state index contributed by atoms with van der Waals surface area (Å²) < 4.78 is 76.8. The summed E-state index contributed by atoms with van der Waals surface area (Å²) in [7, 11) is -3.78. The van der Waals surface area contributed by atoms with Crippen molar-refractivity contribution in [2.24, 2.45) is 0 Å². The van der Waals surface area contributed by atoms with E-state index in [0.29, 0.717) is 106 Å². The largest absolute Gasteiger partial charge is 0.480 e. The lowest BCUT2D eigenvalue weighted by atomic mass is 10.2. The third-order valence-electron chi connectivity index (χ3n) is 5.41. The van der Waals surface area contributed by atoms with Gasteiger partial charge in [0.15, 0.2) is 0 Å². The topological polar surface area (TPSA) is 193 Å². The van der Waals surface area contributed by atoms with Gasteiger partial charge in [0.25, 0.3) is 10.1 Å². The Kier molecular flexibility index (Phi) is 26.2. The zero-order chi connectivity index (χ0) is 33.6. The molecule has 0 aliphatic heterocycles. The molecule has 46 heavy (non-hydrogen) atoms. The van der Waals surface area contributed by atoms with Crippen molar-refractivity contribution in [1.29, 1.82) is 0 Å². The quantitative estimate of drug-likeness (QED) is 0.0745. The molecule has 0 aromatic heterocycles. The number of carbonyl (C=O) groups excluding carboxylic acids is 1. The Morgan fingerprint density at radius 1 is 0.565 bits per heavy atom. The van der Waals surface area contributed by atoms with Crippen molar-refractivity contribution in [2.45, 2.75) is 11.8 Å². The summed E-state index contributed by atoms with van der Waals surface area (Å²) in [5.41, 5.74) is 0.967. The molecule has 1 amide bonds. The minimum Gasteiger partial charge on any atom is -0.480 e. The van der Waals surface area contributed by atoms with Gasteiger partial charge in [0.1, 0.15) is 13.2 Å². The standard InChI is InChI=1S/C29H49NO15S/c1-26-2-4-27(5-3-26)46(34,35)45-23-22-43-21-20-42-19-18-41-17-16-40-15-14-39-13-12-38-11-10-37-9-8-36-7-6-30-28(31)24-44-25-29(32)33/h2-5H,6-25H2,1H3,(H,30,31)(H,32,33). The fourth-order valence-electron chi connectivity index (χ4n) is 3.16. The van der Waals surface area contributed by atoms with Crippen LogP contribution in [0.5, 0.6) is 0 Å². The highest BCUT2D eigenvalue weighted by Gasteiger charge is 2.14. The zero-order valence-electron chi connectivity index (χ0n) is 26.5. The molecule has 266 valence electrons.